The highest BCUT2D eigenvalue weighted by atomic mass is 32.1. The van der Waals surface area contributed by atoms with E-state index in [9.17, 15) is 4.79 Å². The summed E-state index contributed by atoms with van der Waals surface area (Å²) < 4.78 is 0. The predicted molar refractivity (Wildman–Crippen MR) is 119 cm³/mol. The quantitative estimate of drug-likeness (QED) is 0.531. The van der Waals surface area contributed by atoms with Crippen molar-refractivity contribution >= 4 is 40.4 Å². The topological polar surface area (TPSA) is 45.6 Å². The second-order valence-corrected chi connectivity index (χ2v) is 9.63. The standard InChI is InChI=1S/C23H21N3OS2/c1-15-12-17(14-18-4-2-10-28-18)21-19(13-15)22(20-5-3-11-29-20)26(25-21)23(27)16-6-8-24-9-7-16/h2-11,14-15,19,22H,12-13H2,1H3/b17-14-. The maximum Gasteiger partial charge on any atom is 0.274 e. The zero-order valence-electron chi connectivity index (χ0n) is 16.1. The van der Waals surface area contributed by atoms with Crippen molar-refractivity contribution in [3.8, 4) is 0 Å². The first-order valence-corrected chi connectivity index (χ1v) is 11.6. The number of allylic oxidation sites excluding steroid dienone is 1. The predicted octanol–water partition coefficient (Wildman–Crippen LogP) is 5.89. The van der Waals surface area contributed by atoms with Crippen LogP contribution in [-0.4, -0.2) is 21.6 Å². The van der Waals surface area contributed by atoms with Gasteiger partial charge in [-0.1, -0.05) is 19.1 Å². The van der Waals surface area contributed by atoms with Crippen molar-refractivity contribution in [1.29, 1.82) is 0 Å². The summed E-state index contributed by atoms with van der Waals surface area (Å²) >= 11 is 3.44. The van der Waals surface area contributed by atoms with Gasteiger partial charge in [0.15, 0.2) is 0 Å². The maximum atomic E-state index is 13.4. The summed E-state index contributed by atoms with van der Waals surface area (Å²) in [5.74, 6) is 0.730. The number of fused-ring (bicyclic) bond motifs is 1. The first kappa shape index (κ1) is 18.5. The van der Waals surface area contributed by atoms with Crippen LogP contribution in [0.5, 0.6) is 0 Å². The van der Waals surface area contributed by atoms with Crippen LogP contribution >= 0.6 is 22.7 Å². The van der Waals surface area contributed by atoms with Crippen LogP contribution in [-0.2, 0) is 0 Å². The number of aromatic nitrogens is 1. The second-order valence-electron chi connectivity index (χ2n) is 7.67. The molecule has 1 saturated carbocycles. The van der Waals surface area contributed by atoms with Gasteiger partial charge in [-0.05, 0) is 65.4 Å². The first-order valence-electron chi connectivity index (χ1n) is 9.80. The van der Waals surface area contributed by atoms with E-state index in [-0.39, 0.29) is 17.9 Å². The number of carbonyl (C=O) groups is 1. The Hall–Kier alpha value is -2.57. The number of thiophene rings is 2. The van der Waals surface area contributed by atoms with E-state index < -0.39 is 0 Å². The Morgan fingerprint density at radius 1 is 1.14 bits per heavy atom. The van der Waals surface area contributed by atoms with Gasteiger partial charge in [0.25, 0.3) is 5.91 Å². The summed E-state index contributed by atoms with van der Waals surface area (Å²) in [5, 5.41) is 10.8. The van der Waals surface area contributed by atoms with Crippen molar-refractivity contribution < 1.29 is 4.79 Å². The van der Waals surface area contributed by atoms with Crippen molar-refractivity contribution in [1.82, 2.24) is 9.99 Å². The number of nitrogens with zero attached hydrogens (tertiary/aromatic N) is 3. The van der Waals surface area contributed by atoms with Gasteiger partial charge in [0.05, 0.1) is 11.8 Å². The van der Waals surface area contributed by atoms with Crippen LogP contribution in [0.1, 0.15) is 45.9 Å². The van der Waals surface area contributed by atoms with E-state index in [4.69, 9.17) is 5.10 Å². The van der Waals surface area contributed by atoms with Crippen LogP contribution in [0.2, 0.25) is 0 Å². The molecule has 29 heavy (non-hydrogen) atoms. The molecule has 0 aromatic carbocycles. The van der Waals surface area contributed by atoms with Gasteiger partial charge in [0.1, 0.15) is 0 Å². The third-order valence-electron chi connectivity index (χ3n) is 5.59. The molecule has 146 valence electrons. The highest BCUT2D eigenvalue weighted by Crippen LogP contribution is 2.47. The van der Waals surface area contributed by atoms with Crippen molar-refractivity contribution in [2.75, 3.05) is 0 Å². The molecule has 1 fully saturated rings. The Morgan fingerprint density at radius 2 is 1.93 bits per heavy atom. The maximum absolute atomic E-state index is 13.4. The summed E-state index contributed by atoms with van der Waals surface area (Å²) in [6.07, 6.45) is 7.63. The Kier molecular flexibility index (Phi) is 4.89. The van der Waals surface area contributed by atoms with E-state index in [1.54, 1.807) is 52.2 Å². The van der Waals surface area contributed by atoms with Gasteiger partial charge in [0.2, 0.25) is 0 Å². The van der Waals surface area contributed by atoms with E-state index in [2.05, 4.69) is 53.0 Å². The van der Waals surface area contributed by atoms with Gasteiger partial charge in [-0.3, -0.25) is 9.78 Å². The second kappa shape index (κ2) is 7.69. The number of hydrogen-bond acceptors (Lipinski definition) is 5. The van der Waals surface area contributed by atoms with E-state index in [0.717, 1.165) is 18.6 Å². The molecule has 0 N–H and O–H groups in total. The Bertz CT molecular complexity index is 1060. The van der Waals surface area contributed by atoms with Crippen LogP contribution in [0.15, 0.2) is 70.2 Å². The lowest BCUT2D eigenvalue weighted by Gasteiger charge is -2.31. The molecule has 0 spiro atoms. The highest BCUT2D eigenvalue weighted by molar-refractivity contribution is 7.11. The van der Waals surface area contributed by atoms with Gasteiger partial charge < -0.3 is 0 Å². The molecule has 2 aliphatic rings. The lowest BCUT2D eigenvalue weighted by Crippen LogP contribution is -2.32. The van der Waals surface area contributed by atoms with Crippen LogP contribution in [0, 0.1) is 11.8 Å². The Morgan fingerprint density at radius 3 is 2.66 bits per heavy atom. The number of hydrogen-bond donors (Lipinski definition) is 0. The van der Waals surface area contributed by atoms with E-state index in [1.807, 2.05) is 0 Å². The molecular formula is C23H21N3OS2. The number of hydrazone groups is 1. The molecule has 1 aliphatic heterocycles. The fourth-order valence-corrected chi connectivity index (χ4v) is 5.92. The minimum absolute atomic E-state index is 0.0415. The smallest absolute Gasteiger partial charge is 0.267 e. The van der Waals surface area contributed by atoms with Crippen molar-refractivity contribution in [2.45, 2.75) is 25.8 Å². The highest BCUT2D eigenvalue weighted by Gasteiger charge is 2.45. The van der Waals surface area contributed by atoms with Gasteiger partial charge >= 0.3 is 0 Å². The summed E-state index contributed by atoms with van der Waals surface area (Å²) in [6, 6.07) is 11.9. The monoisotopic (exact) mass is 419 g/mol. The molecule has 1 aliphatic carbocycles. The van der Waals surface area contributed by atoms with Crippen molar-refractivity contribution in [3.05, 3.63) is 80.4 Å². The fourth-order valence-electron chi connectivity index (χ4n) is 4.37. The molecule has 4 heterocycles. The Labute approximate surface area is 178 Å². The van der Waals surface area contributed by atoms with Crippen LogP contribution < -0.4 is 0 Å². The lowest BCUT2D eigenvalue weighted by atomic mass is 9.74. The molecule has 0 bridgehead atoms. The number of carbonyl (C=O) groups excluding carboxylic acids is 1. The summed E-state index contributed by atoms with van der Waals surface area (Å²) in [6.45, 7) is 2.30. The van der Waals surface area contributed by atoms with Crippen molar-refractivity contribution in [3.63, 3.8) is 0 Å². The van der Waals surface area contributed by atoms with Gasteiger partial charge in [0, 0.05) is 33.6 Å². The normalized spacial score (nSPS) is 25.1. The summed E-state index contributed by atoms with van der Waals surface area (Å²) in [7, 11) is 0. The average Bonchev–Trinajstić information content (AvgIpc) is 3.48. The average molecular weight is 420 g/mol. The van der Waals surface area contributed by atoms with E-state index >= 15 is 0 Å². The molecule has 3 aromatic rings. The van der Waals surface area contributed by atoms with E-state index in [1.165, 1.54) is 15.3 Å². The third-order valence-corrected chi connectivity index (χ3v) is 7.36. The van der Waals surface area contributed by atoms with Crippen LogP contribution in [0.3, 0.4) is 0 Å². The molecule has 0 saturated heterocycles. The minimum atomic E-state index is -0.0594. The largest absolute Gasteiger partial charge is 0.274 e. The molecule has 5 rings (SSSR count). The molecular weight excluding hydrogens is 398 g/mol. The summed E-state index contributed by atoms with van der Waals surface area (Å²) in [5.41, 5.74) is 2.97. The first-order chi connectivity index (χ1) is 14.2. The molecule has 3 aromatic heterocycles. The number of rotatable bonds is 3. The molecule has 6 heteroatoms. The molecule has 3 atom stereocenters. The summed E-state index contributed by atoms with van der Waals surface area (Å²) in [4.78, 5) is 19.9. The Balaban J connectivity index is 1.59. The zero-order chi connectivity index (χ0) is 19.8. The third kappa shape index (κ3) is 3.47. The van der Waals surface area contributed by atoms with Crippen LogP contribution in [0.25, 0.3) is 6.08 Å². The van der Waals surface area contributed by atoms with Crippen LogP contribution in [0.4, 0.5) is 0 Å². The lowest BCUT2D eigenvalue weighted by molar-refractivity contribution is 0.0680. The molecule has 3 unspecified atom stereocenters. The number of amides is 1. The van der Waals surface area contributed by atoms with Gasteiger partial charge in [-0.25, -0.2) is 5.01 Å². The zero-order valence-corrected chi connectivity index (χ0v) is 17.7. The fraction of sp³-hybridized carbons (Fsp3) is 0.261. The van der Waals surface area contributed by atoms with Gasteiger partial charge in [-0.2, -0.15) is 5.10 Å². The van der Waals surface area contributed by atoms with Gasteiger partial charge in [-0.15, -0.1) is 22.7 Å². The molecule has 4 nitrogen and oxygen atoms in total. The van der Waals surface area contributed by atoms with Crippen molar-refractivity contribution in [2.24, 2.45) is 16.9 Å². The minimum Gasteiger partial charge on any atom is -0.267 e. The number of pyridine rings is 1. The SMILES string of the molecule is CC1C/C(=C/c2cccs2)C2=NN(C(=O)c3ccncc3)C(c3cccs3)C2C1. The van der Waals surface area contributed by atoms with E-state index in [0.29, 0.717) is 11.5 Å². The molecule has 0 radical (unpaired) electrons. The molecule has 1 amide bonds.